The van der Waals surface area contributed by atoms with E-state index in [0.29, 0.717) is 16.9 Å². The average Bonchev–Trinajstić information content (AvgIpc) is 2.16. The molecule has 0 spiro atoms. The second-order valence-corrected chi connectivity index (χ2v) is 2.47. The molecule has 0 radical (unpaired) electrons. The summed E-state index contributed by atoms with van der Waals surface area (Å²) in [6.45, 7) is 8.48. The van der Waals surface area contributed by atoms with Gasteiger partial charge in [0.1, 0.15) is 11.8 Å². The highest BCUT2D eigenvalue weighted by Gasteiger charge is 2.09. The minimum absolute atomic E-state index is 0.313. The molecule has 13 heavy (non-hydrogen) atoms. The second kappa shape index (κ2) is 3.68. The number of rotatable bonds is 1. The van der Waals surface area contributed by atoms with E-state index in [2.05, 4.69) is 14.6 Å². The molecule has 0 N–H and O–H groups in total. The lowest BCUT2D eigenvalue weighted by atomic mass is 10.2. The van der Waals surface area contributed by atoms with Crippen LogP contribution in [0.1, 0.15) is 15.9 Å². The zero-order valence-corrected chi connectivity index (χ0v) is 7.37. The fraction of sp³-hybridized carbons (Fsp3) is 0.222. The lowest BCUT2D eigenvalue weighted by Gasteiger charge is -1.99. The molecule has 0 aliphatic carbocycles. The number of carbonyl (C=O) groups is 1. The average molecular weight is 176 g/mol. The lowest BCUT2D eigenvalue weighted by Crippen LogP contribution is -2.01. The number of pyridine rings is 1. The van der Waals surface area contributed by atoms with Crippen molar-refractivity contribution < 1.29 is 9.53 Å². The Kier molecular flexibility index (Phi) is 2.60. The van der Waals surface area contributed by atoms with Crippen LogP contribution in [0.2, 0.25) is 0 Å². The normalized spacial score (nSPS) is 9.00. The van der Waals surface area contributed by atoms with Gasteiger partial charge in [-0.3, -0.25) is 0 Å². The number of esters is 1. The van der Waals surface area contributed by atoms with Gasteiger partial charge in [-0.15, -0.1) is 4.98 Å². The first-order valence-corrected chi connectivity index (χ1v) is 3.61. The quantitative estimate of drug-likeness (QED) is 0.483. The molecular formula is C9H8N2O2. The predicted octanol–water partition coefficient (Wildman–Crippen LogP) is 1.73. The predicted molar refractivity (Wildman–Crippen MR) is 46.6 cm³/mol. The summed E-state index contributed by atoms with van der Waals surface area (Å²) in [6.07, 6.45) is 1.34. The van der Waals surface area contributed by atoms with Crippen LogP contribution in [0.3, 0.4) is 0 Å². The summed E-state index contributed by atoms with van der Waals surface area (Å²) >= 11 is 0. The Balaban J connectivity index is 3.11. The fourth-order valence-electron chi connectivity index (χ4n) is 0.914. The van der Waals surface area contributed by atoms with Crippen LogP contribution in [0.15, 0.2) is 12.3 Å². The largest absolute Gasteiger partial charge is 0.465 e. The van der Waals surface area contributed by atoms with Gasteiger partial charge in [0.05, 0.1) is 7.11 Å². The Morgan fingerprint density at radius 3 is 2.85 bits per heavy atom. The van der Waals surface area contributed by atoms with E-state index in [9.17, 15) is 4.79 Å². The van der Waals surface area contributed by atoms with Crippen molar-refractivity contribution in [3.63, 3.8) is 0 Å². The molecule has 0 amide bonds. The third-order valence-corrected chi connectivity index (χ3v) is 1.58. The van der Waals surface area contributed by atoms with E-state index in [4.69, 9.17) is 6.57 Å². The molecule has 1 heterocycles. The van der Waals surface area contributed by atoms with Crippen LogP contribution in [-0.4, -0.2) is 18.1 Å². The lowest BCUT2D eigenvalue weighted by molar-refractivity contribution is 0.0600. The highest BCUT2D eigenvalue weighted by atomic mass is 16.5. The van der Waals surface area contributed by atoms with Crippen LogP contribution in [0, 0.1) is 13.5 Å². The van der Waals surface area contributed by atoms with E-state index >= 15 is 0 Å². The molecule has 0 aromatic carbocycles. The number of aryl methyl sites for hydroxylation is 1. The van der Waals surface area contributed by atoms with E-state index in [1.807, 2.05) is 0 Å². The van der Waals surface area contributed by atoms with E-state index in [1.54, 1.807) is 13.0 Å². The van der Waals surface area contributed by atoms with Crippen molar-refractivity contribution >= 4 is 11.8 Å². The van der Waals surface area contributed by atoms with Gasteiger partial charge < -0.3 is 9.58 Å². The number of nitrogens with zero attached hydrogens (tertiary/aromatic N) is 2. The van der Waals surface area contributed by atoms with Crippen molar-refractivity contribution in [2.75, 3.05) is 7.11 Å². The minimum Gasteiger partial charge on any atom is -0.465 e. The number of hydrogen-bond donors (Lipinski definition) is 0. The monoisotopic (exact) mass is 176 g/mol. The van der Waals surface area contributed by atoms with Crippen molar-refractivity contribution in [1.82, 2.24) is 4.98 Å². The molecule has 0 bridgehead atoms. The summed E-state index contributed by atoms with van der Waals surface area (Å²) < 4.78 is 4.51. The SMILES string of the molecule is [C-]#[N+]c1ncc(C(=O)OC)cc1C. The van der Waals surface area contributed by atoms with E-state index < -0.39 is 5.97 Å². The molecule has 0 fully saturated rings. The van der Waals surface area contributed by atoms with Gasteiger partial charge in [0.2, 0.25) is 0 Å². The van der Waals surface area contributed by atoms with Gasteiger partial charge in [0.15, 0.2) is 0 Å². The molecule has 0 saturated heterocycles. The molecule has 0 aliphatic heterocycles. The maximum atomic E-state index is 11.0. The molecule has 1 rings (SSSR count). The number of hydrogen-bond acceptors (Lipinski definition) is 3. The van der Waals surface area contributed by atoms with Crippen LogP contribution >= 0.6 is 0 Å². The molecule has 66 valence electrons. The standard InChI is InChI=1S/C9H8N2O2/c1-6-4-7(9(12)13-3)5-11-8(6)10-2/h4-5H,1,3H3. The highest BCUT2D eigenvalue weighted by molar-refractivity contribution is 5.89. The number of ether oxygens (including phenoxy) is 1. The molecule has 1 aromatic rings. The van der Waals surface area contributed by atoms with E-state index in [1.165, 1.54) is 13.3 Å². The van der Waals surface area contributed by atoms with Gasteiger partial charge >= 0.3 is 5.97 Å². The first-order chi connectivity index (χ1) is 6.19. The number of methoxy groups -OCH3 is 1. The van der Waals surface area contributed by atoms with Gasteiger partial charge in [0, 0.05) is 0 Å². The third kappa shape index (κ3) is 1.82. The molecule has 0 unspecified atom stereocenters. The summed E-state index contributed by atoms with van der Waals surface area (Å²) in [6, 6.07) is 1.59. The van der Waals surface area contributed by atoms with Crippen LogP contribution in [0.4, 0.5) is 5.82 Å². The van der Waals surface area contributed by atoms with Crippen LogP contribution in [-0.2, 0) is 4.74 Å². The van der Waals surface area contributed by atoms with E-state index in [-0.39, 0.29) is 0 Å². The minimum atomic E-state index is -0.438. The molecule has 0 saturated carbocycles. The van der Waals surface area contributed by atoms with Crippen molar-refractivity contribution in [1.29, 1.82) is 0 Å². The van der Waals surface area contributed by atoms with Crippen molar-refractivity contribution in [2.45, 2.75) is 6.92 Å². The molecule has 0 atom stereocenters. The first-order valence-electron chi connectivity index (χ1n) is 3.61. The van der Waals surface area contributed by atoms with Crippen LogP contribution in [0.5, 0.6) is 0 Å². The van der Waals surface area contributed by atoms with E-state index in [0.717, 1.165) is 0 Å². The van der Waals surface area contributed by atoms with Crippen molar-refractivity contribution in [3.8, 4) is 0 Å². The second-order valence-electron chi connectivity index (χ2n) is 2.47. The Morgan fingerprint density at radius 2 is 2.38 bits per heavy atom. The topological polar surface area (TPSA) is 43.5 Å². The maximum Gasteiger partial charge on any atom is 0.341 e. The van der Waals surface area contributed by atoms with Gasteiger partial charge in [-0.2, -0.15) is 0 Å². The summed E-state index contributed by atoms with van der Waals surface area (Å²) in [7, 11) is 1.31. The maximum absolute atomic E-state index is 11.0. The summed E-state index contributed by atoms with van der Waals surface area (Å²) in [5.74, 6) is -0.125. The summed E-state index contributed by atoms with van der Waals surface area (Å²) in [5.41, 5.74) is 1.05. The molecule has 1 aromatic heterocycles. The Bertz CT molecular complexity index is 380. The van der Waals surface area contributed by atoms with Crippen LogP contribution < -0.4 is 0 Å². The van der Waals surface area contributed by atoms with Gasteiger partial charge in [-0.05, 0) is 18.6 Å². The summed E-state index contributed by atoms with van der Waals surface area (Å²) in [5, 5.41) is 0. The highest BCUT2D eigenvalue weighted by Crippen LogP contribution is 2.15. The number of aromatic nitrogens is 1. The third-order valence-electron chi connectivity index (χ3n) is 1.58. The Hall–Kier alpha value is -1.89. The van der Waals surface area contributed by atoms with Gasteiger partial charge in [0.25, 0.3) is 5.82 Å². The number of carbonyl (C=O) groups excluding carboxylic acids is 1. The zero-order chi connectivity index (χ0) is 9.84. The first kappa shape index (κ1) is 9.20. The molecule has 4 heteroatoms. The Morgan fingerprint density at radius 1 is 1.69 bits per heavy atom. The molecule has 0 aliphatic rings. The molecular weight excluding hydrogens is 168 g/mol. The zero-order valence-electron chi connectivity index (χ0n) is 7.37. The van der Waals surface area contributed by atoms with Crippen molar-refractivity contribution in [3.05, 3.63) is 34.8 Å². The summed E-state index contributed by atoms with van der Waals surface area (Å²) in [4.78, 5) is 18.0. The van der Waals surface area contributed by atoms with Crippen LogP contribution in [0.25, 0.3) is 4.85 Å². The molecule has 4 nitrogen and oxygen atoms in total. The smallest absolute Gasteiger partial charge is 0.341 e. The van der Waals surface area contributed by atoms with Crippen molar-refractivity contribution in [2.24, 2.45) is 0 Å². The van der Waals surface area contributed by atoms with Gasteiger partial charge in [-0.1, -0.05) is 6.57 Å². The van der Waals surface area contributed by atoms with Gasteiger partial charge in [-0.25, -0.2) is 4.79 Å². The Labute approximate surface area is 76.0 Å². The fourth-order valence-corrected chi connectivity index (χ4v) is 0.914.